The lowest BCUT2D eigenvalue weighted by Gasteiger charge is -2.48. The highest BCUT2D eigenvalue weighted by Gasteiger charge is 2.39. The van der Waals surface area contributed by atoms with Crippen LogP contribution in [-0.4, -0.2) is 56.3 Å². The molecule has 1 heterocycles. The average molecular weight is 452 g/mol. The van der Waals surface area contributed by atoms with E-state index in [4.69, 9.17) is 9.47 Å². The maximum atomic E-state index is 13.6. The van der Waals surface area contributed by atoms with Gasteiger partial charge in [-0.05, 0) is 43.0 Å². The summed E-state index contributed by atoms with van der Waals surface area (Å²) in [6.45, 7) is 6.30. The van der Waals surface area contributed by atoms with E-state index < -0.39 is 6.04 Å². The van der Waals surface area contributed by atoms with Gasteiger partial charge in [0.1, 0.15) is 11.8 Å². The van der Waals surface area contributed by atoms with Gasteiger partial charge in [0.2, 0.25) is 5.91 Å². The first-order valence-corrected chi connectivity index (χ1v) is 12.2. The molecule has 0 radical (unpaired) electrons. The van der Waals surface area contributed by atoms with Gasteiger partial charge in [-0.25, -0.2) is 0 Å². The van der Waals surface area contributed by atoms with Crippen molar-refractivity contribution in [3.05, 3.63) is 59.7 Å². The molecular weight excluding hydrogens is 414 g/mol. The number of ether oxygens (including phenoxy) is 2. The van der Waals surface area contributed by atoms with Gasteiger partial charge in [0.05, 0.1) is 26.0 Å². The Hall–Kier alpha value is -2.41. The molecule has 6 nitrogen and oxygen atoms in total. The Bertz CT molecular complexity index is 906. The van der Waals surface area contributed by atoms with Crippen molar-refractivity contribution < 1.29 is 14.3 Å². The summed E-state index contributed by atoms with van der Waals surface area (Å²) in [5.41, 5.74) is 2.82. The summed E-state index contributed by atoms with van der Waals surface area (Å²) in [7, 11) is 1.63. The van der Waals surface area contributed by atoms with Crippen LogP contribution in [0.3, 0.4) is 0 Å². The molecule has 2 aliphatic rings. The number of benzene rings is 2. The number of hydrogen-bond acceptors (Lipinski definition) is 5. The van der Waals surface area contributed by atoms with Crippen molar-refractivity contribution in [2.75, 3.05) is 45.3 Å². The Morgan fingerprint density at radius 3 is 2.52 bits per heavy atom. The molecule has 2 N–H and O–H groups in total. The second kappa shape index (κ2) is 11.1. The van der Waals surface area contributed by atoms with Crippen LogP contribution in [0.15, 0.2) is 48.5 Å². The minimum absolute atomic E-state index is 0.0713. The summed E-state index contributed by atoms with van der Waals surface area (Å²) in [5, 5.41) is 6.80. The molecule has 1 saturated carbocycles. The molecule has 2 fully saturated rings. The molecule has 0 bridgehead atoms. The van der Waals surface area contributed by atoms with Gasteiger partial charge in [0.25, 0.3) is 0 Å². The van der Waals surface area contributed by atoms with Crippen molar-refractivity contribution in [1.82, 2.24) is 10.2 Å². The minimum atomic E-state index is -0.448. The molecule has 178 valence electrons. The first-order chi connectivity index (χ1) is 16.1. The summed E-state index contributed by atoms with van der Waals surface area (Å²) in [5.74, 6) is 0.593. The number of methoxy groups -OCH3 is 1. The first-order valence-electron chi connectivity index (χ1n) is 12.2. The fraction of sp³-hybridized carbons (Fsp3) is 0.519. The Morgan fingerprint density at radius 1 is 1.09 bits per heavy atom. The number of morpholine rings is 1. The van der Waals surface area contributed by atoms with Crippen molar-refractivity contribution in [3.8, 4) is 5.75 Å². The largest absolute Gasteiger partial charge is 0.495 e. The predicted molar refractivity (Wildman–Crippen MR) is 132 cm³/mol. The van der Waals surface area contributed by atoms with Crippen LogP contribution in [0, 0.1) is 6.92 Å². The number of aryl methyl sites for hydroxylation is 1. The molecule has 1 unspecified atom stereocenters. The van der Waals surface area contributed by atoms with Crippen LogP contribution in [0.4, 0.5) is 5.69 Å². The summed E-state index contributed by atoms with van der Waals surface area (Å²) in [4.78, 5) is 16.2. The van der Waals surface area contributed by atoms with Crippen LogP contribution in [0.25, 0.3) is 0 Å². The van der Waals surface area contributed by atoms with Gasteiger partial charge in [-0.15, -0.1) is 0 Å². The standard InChI is InChI=1S/C27H37N3O3/c1-21-11-12-24(32-2)23(19-21)29-26(31)25(22-9-5-3-6-10-22)28-20-27(13-7-4-8-14-27)30-15-17-33-18-16-30/h3,5-6,9-12,19,25,28H,4,7-8,13-18,20H2,1-2H3,(H,29,31). The summed E-state index contributed by atoms with van der Waals surface area (Å²) < 4.78 is 11.1. The fourth-order valence-corrected chi connectivity index (χ4v) is 5.28. The molecule has 1 amide bonds. The van der Waals surface area contributed by atoms with Crippen molar-refractivity contribution in [2.45, 2.75) is 50.6 Å². The normalized spacial score (nSPS) is 19.6. The van der Waals surface area contributed by atoms with Gasteiger partial charge in [-0.1, -0.05) is 55.7 Å². The number of nitrogens with one attached hydrogen (secondary N) is 2. The van der Waals surface area contributed by atoms with Crippen molar-refractivity contribution in [2.24, 2.45) is 0 Å². The van der Waals surface area contributed by atoms with Crippen LogP contribution in [0.5, 0.6) is 5.75 Å². The van der Waals surface area contributed by atoms with E-state index in [0.29, 0.717) is 11.4 Å². The lowest BCUT2D eigenvalue weighted by atomic mass is 9.79. The summed E-state index contributed by atoms with van der Waals surface area (Å²) >= 11 is 0. The third kappa shape index (κ3) is 5.75. The van der Waals surface area contributed by atoms with Crippen LogP contribution in [0.2, 0.25) is 0 Å². The maximum absolute atomic E-state index is 13.6. The second-order valence-corrected chi connectivity index (χ2v) is 9.30. The molecule has 1 aliphatic heterocycles. The summed E-state index contributed by atoms with van der Waals surface area (Å²) in [6, 6.07) is 15.4. The molecule has 2 aromatic rings. The monoisotopic (exact) mass is 451 g/mol. The quantitative estimate of drug-likeness (QED) is 0.626. The second-order valence-electron chi connectivity index (χ2n) is 9.30. The van der Waals surface area contributed by atoms with E-state index in [9.17, 15) is 4.79 Å². The van der Waals surface area contributed by atoms with Crippen LogP contribution in [0.1, 0.15) is 49.3 Å². The van der Waals surface area contributed by atoms with Crippen LogP contribution in [-0.2, 0) is 9.53 Å². The Balaban J connectivity index is 1.56. The van der Waals surface area contributed by atoms with Crippen molar-refractivity contribution in [3.63, 3.8) is 0 Å². The van der Waals surface area contributed by atoms with Crippen molar-refractivity contribution >= 4 is 11.6 Å². The number of anilines is 1. The molecule has 6 heteroatoms. The molecule has 33 heavy (non-hydrogen) atoms. The number of carbonyl (C=O) groups is 1. The third-order valence-electron chi connectivity index (χ3n) is 7.11. The number of nitrogens with zero attached hydrogens (tertiary/aromatic N) is 1. The highest BCUT2D eigenvalue weighted by molar-refractivity contribution is 5.96. The van der Waals surface area contributed by atoms with E-state index in [2.05, 4.69) is 15.5 Å². The molecule has 0 aromatic heterocycles. The molecule has 1 atom stereocenters. The number of amides is 1. The van der Waals surface area contributed by atoms with E-state index in [1.807, 2.05) is 55.5 Å². The maximum Gasteiger partial charge on any atom is 0.246 e. The Morgan fingerprint density at radius 2 is 1.82 bits per heavy atom. The number of carbonyl (C=O) groups excluding carboxylic acids is 1. The van der Waals surface area contributed by atoms with E-state index in [1.165, 1.54) is 19.3 Å². The van der Waals surface area contributed by atoms with Gasteiger partial charge >= 0.3 is 0 Å². The lowest BCUT2D eigenvalue weighted by molar-refractivity contribution is -0.118. The fourth-order valence-electron chi connectivity index (χ4n) is 5.28. The molecule has 1 saturated heterocycles. The third-order valence-corrected chi connectivity index (χ3v) is 7.11. The SMILES string of the molecule is COc1ccc(C)cc1NC(=O)C(NCC1(N2CCOCC2)CCCCC1)c1ccccc1. The zero-order chi connectivity index (χ0) is 23.1. The molecule has 0 spiro atoms. The predicted octanol–water partition coefficient (Wildman–Crippen LogP) is 4.31. The lowest BCUT2D eigenvalue weighted by Crippen LogP contribution is -2.59. The van der Waals surface area contributed by atoms with Crippen LogP contribution < -0.4 is 15.4 Å². The molecule has 4 rings (SSSR count). The smallest absolute Gasteiger partial charge is 0.246 e. The van der Waals surface area contributed by atoms with E-state index in [-0.39, 0.29) is 11.4 Å². The molecule has 2 aromatic carbocycles. The topological polar surface area (TPSA) is 62.8 Å². The first kappa shape index (κ1) is 23.7. The minimum Gasteiger partial charge on any atom is -0.495 e. The number of hydrogen-bond donors (Lipinski definition) is 2. The van der Waals surface area contributed by atoms with E-state index >= 15 is 0 Å². The molecular formula is C27H37N3O3. The Kier molecular flexibility index (Phi) is 8.02. The van der Waals surface area contributed by atoms with Gasteiger partial charge in [0.15, 0.2) is 0 Å². The van der Waals surface area contributed by atoms with Gasteiger partial charge in [-0.3, -0.25) is 9.69 Å². The highest BCUT2D eigenvalue weighted by atomic mass is 16.5. The van der Waals surface area contributed by atoms with Crippen LogP contribution >= 0.6 is 0 Å². The van der Waals surface area contributed by atoms with Gasteiger partial charge in [0, 0.05) is 25.2 Å². The average Bonchev–Trinajstić information content (AvgIpc) is 2.86. The zero-order valence-electron chi connectivity index (χ0n) is 19.9. The van der Waals surface area contributed by atoms with Crippen molar-refractivity contribution in [1.29, 1.82) is 0 Å². The van der Waals surface area contributed by atoms with Gasteiger partial charge in [-0.2, -0.15) is 0 Å². The highest BCUT2D eigenvalue weighted by Crippen LogP contribution is 2.35. The van der Waals surface area contributed by atoms with Gasteiger partial charge < -0.3 is 20.1 Å². The van der Waals surface area contributed by atoms with E-state index in [1.54, 1.807) is 7.11 Å². The Labute approximate surface area is 197 Å². The zero-order valence-corrected chi connectivity index (χ0v) is 19.9. The van der Waals surface area contributed by atoms with E-state index in [0.717, 1.165) is 56.8 Å². The molecule has 1 aliphatic carbocycles. The number of rotatable bonds is 8. The summed E-state index contributed by atoms with van der Waals surface area (Å²) in [6.07, 6.45) is 6.09.